The SMILES string of the molecule is NC(=O)c1cccc2c1CC1(CCNC1=O)C2Cc1cc(-c2ccccc2)no1. The number of benzene rings is 2. The van der Waals surface area contributed by atoms with Crippen molar-refractivity contribution in [2.24, 2.45) is 11.1 Å². The Morgan fingerprint density at radius 3 is 2.76 bits per heavy atom. The van der Waals surface area contributed by atoms with E-state index in [1.165, 1.54) is 0 Å². The lowest BCUT2D eigenvalue weighted by atomic mass is 9.73. The van der Waals surface area contributed by atoms with Crippen molar-refractivity contribution in [1.82, 2.24) is 10.5 Å². The average Bonchev–Trinajstić information content (AvgIpc) is 3.42. The van der Waals surface area contributed by atoms with Crippen LogP contribution in [0.4, 0.5) is 0 Å². The van der Waals surface area contributed by atoms with Crippen molar-refractivity contribution in [3.63, 3.8) is 0 Å². The van der Waals surface area contributed by atoms with Gasteiger partial charge in [0, 0.05) is 36.1 Å². The van der Waals surface area contributed by atoms with Gasteiger partial charge in [-0.2, -0.15) is 0 Å². The van der Waals surface area contributed by atoms with Crippen LogP contribution in [0.25, 0.3) is 11.3 Å². The minimum Gasteiger partial charge on any atom is -0.366 e. The molecule has 2 unspecified atom stereocenters. The highest BCUT2D eigenvalue weighted by Crippen LogP contribution is 2.53. The van der Waals surface area contributed by atoms with Gasteiger partial charge in [-0.3, -0.25) is 9.59 Å². The molecule has 1 aliphatic heterocycles. The predicted octanol–water partition coefficient (Wildman–Crippen LogP) is 2.83. The topological polar surface area (TPSA) is 98.2 Å². The highest BCUT2D eigenvalue weighted by molar-refractivity contribution is 5.96. The summed E-state index contributed by atoms with van der Waals surface area (Å²) >= 11 is 0. The first-order valence-corrected chi connectivity index (χ1v) is 9.79. The monoisotopic (exact) mass is 387 g/mol. The first-order valence-electron chi connectivity index (χ1n) is 9.79. The van der Waals surface area contributed by atoms with Crippen molar-refractivity contribution < 1.29 is 14.1 Å². The maximum absolute atomic E-state index is 12.9. The molecule has 0 saturated carbocycles. The molecule has 1 saturated heterocycles. The smallest absolute Gasteiger partial charge is 0.248 e. The molecule has 3 N–H and O–H groups in total. The fraction of sp³-hybridized carbons (Fsp3) is 0.261. The number of nitrogens with two attached hydrogens (primary N) is 1. The van der Waals surface area contributed by atoms with Gasteiger partial charge in [0.1, 0.15) is 11.5 Å². The molecule has 2 heterocycles. The molecule has 0 radical (unpaired) electrons. The third kappa shape index (κ3) is 2.75. The van der Waals surface area contributed by atoms with Gasteiger partial charge in [-0.15, -0.1) is 0 Å². The maximum atomic E-state index is 12.9. The highest BCUT2D eigenvalue weighted by Gasteiger charge is 2.54. The van der Waals surface area contributed by atoms with Crippen LogP contribution in [0.2, 0.25) is 0 Å². The first kappa shape index (κ1) is 17.7. The van der Waals surface area contributed by atoms with E-state index in [1.54, 1.807) is 6.07 Å². The van der Waals surface area contributed by atoms with Crippen molar-refractivity contribution in [2.75, 3.05) is 6.54 Å². The van der Waals surface area contributed by atoms with E-state index in [9.17, 15) is 9.59 Å². The normalized spacial score (nSPS) is 22.6. The Hall–Kier alpha value is -3.41. The molecule has 5 rings (SSSR count). The van der Waals surface area contributed by atoms with Crippen LogP contribution in [-0.4, -0.2) is 23.5 Å². The van der Waals surface area contributed by atoms with E-state index in [1.807, 2.05) is 48.5 Å². The quantitative estimate of drug-likeness (QED) is 0.719. The summed E-state index contributed by atoms with van der Waals surface area (Å²) < 4.78 is 5.64. The van der Waals surface area contributed by atoms with Crippen molar-refractivity contribution in [3.05, 3.63) is 77.0 Å². The Morgan fingerprint density at radius 2 is 2.03 bits per heavy atom. The number of carbonyl (C=O) groups excluding carboxylic acids is 2. The summed E-state index contributed by atoms with van der Waals surface area (Å²) in [7, 11) is 0. The number of aromatic nitrogens is 1. The number of hydrogen-bond donors (Lipinski definition) is 2. The fourth-order valence-corrected chi connectivity index (χ4v) is 4.95. The molecule has 1 aromatic heterocycles. The van der Waals surface area contributed by atoms with Gasteiger partial charge >= 0.3 is 0 Å². The fourth-order valence-electron chi connectivity index (χ4n) is 4.95. The van der Waals surface area contributed by atoms with Gasteiger partial charge in [-0.25, -0.2) is 0 Å². The summed E-state index contributed by atoms with van der Waals surface area (Å²) in [5, 5.41) is 7.20. The maximum Gasteiger partial charge on any atom is 0.248 e. The van der Waals surface area contributed by atoms with E-state index < -0.39 is 11.3 Å². The summed E-state index contributed by atoms with van der Waals surface area (Å²) in [6.07, 6.45) is 1.79. The lowest BCUT2D eigenvalue weighted by Crippen LogP contribution is -2.36. The molecule has 3 aromatic rings. The zero-order valence-electron chi connectivity index (χ0n) is 15.9. The second-order valence-corrected chi connectivity index (χ2v) is 7.88. The number of hydrogen-bond acceptors (Lipinski definition) is 4. The molecule has 6 nitrogen and oxygen atoms in total. The molecule has 2 atom stereocenters. The van der Waals surface area contributed by atoms with Gasteiger partial charge in [0.05, 0.1) is 5.41 Å². The Labute approximate surface area is 168 Å². The molecule has 29 heavy (non-hydrogen) atoms. The number of amides is 2. The summed E-state index contributed by atoms with van der Waals surface area (Å²) in [6.45, 7) is 0.640. The predicted molar refractivity (Wildman–Crippen MR) is 107 cm³/mol. The van der Waals surface area contributed by atoms with Gasteiger partial charge in [0.2, 0.25) is 11.8 Å². The van der Waals surface area contributed by atoms with Crippen molar-refractivity contribution >= 4 is 11.8 Å². The number of rotatable bonds is 4. The van der Waals surface area contributed by atoms with E-state index in [4.69, 9.17) is 10.3 Å². The molecule has 6 heteroatoms. The lowest BCUT2D eigenvalue weighted by Gasteiger charge is -2.28. The molecular weight excluding hydrogens is 366 g/mol. The van der Waals surface area contributed by atoms with Crippen LogP contribution >= 0.6 is 0 Å². The highest BCUT2D eigenvalue weighted by atomic mass is 16.5. The van der Waals surface area contributed by atoms with Crippen LogP contribution in [0.1, 0.15) is 39.6 Å². The van der Waals surface area contributed by atoms with Gasteiger partial charge in [-0.1, -0.05) is 47.6 Å². The number of primary amides is 1. The summed E-state index contributed by atoms with van der Waals surface area (Å²) in [4.78, 5) is 24.9. The second-order valence-electron chi connectivity index (χ2n) is 7.88. The van der Waals surface area contributed by atoms with Gasteiger partial charge in [-0.05, 0) is 30.0 Å². The average molecular weight is 387 g/mol. The van der Waals surface area contributed by atoms with Gasteiger partial charge in [0.15, 0.2) is 0 Å². The largest absolute Gasteiger partial charge is 0.366 e. The summed E-state index contributed by atoms with van der Waals surface area (Å²) in [5.41, 5.74) is 9.20. The standard InChI is InChI=1S/C23H21N3O3/c24-21(27)17-8-4-7-16-18(17)13-23(9-10-25-22(23)28)19(16)11-15-12-20(26-29-15)14-5-2-1-3-6-14/h1-8,12,19H,9-11,13H2,(H2,24,27)(H,25,28). The van der Waals surface area contributed by atoms with Crippen molar-refractivity contribution in [1.29, 1.82) is 0 Å². The van der Waals surface area contributed by atoms with Crippen LogP contribution in [0.3, 0.4) is 0 Å². The number of carbonyl (C=O) groups is 2. The molecule has 146 valence electrons. The van der Waals surface area contributed by atoms with E-state index in [0.717, 1.165) is 34.6 Å². The molecule has 2 amide bonds. The lowest BCUT2D eigenvalue weighted by molar-refractivity contribution is -0.128. The van der Waals surface area contributed by atoms with Gasteiger partial charge < -0.3 is 15.6 Å². The molecule has 0 bridgehead atoms. The molecule has 1 spiro atoms. The van der Waals surface area contributed by atoms with Crippen LogP contribution in [0.5, 0.6) is 0 Å². The minimum atomic E-state index is -0.576. The molecule has 2 aliphatic rings. The summed E-state index contributed by atoms with van der Waals surface area (Å²) in [5.74, 6) is 0.222. The van der Waals surface area contributed by atoms with Crippen LogP contribution in [0.15, 0.2) is 59.1 Å². The van der Waals surface area contributed by atoms with Crippen LogP contribution in [0, 0.1) is 5.41 Å². The molecule has 1 fully saturated rings. The van der Waals surface area contributed by atoms with Crippen LogP contribution < -0.4 is 11.1 Å². The zero-order valence-corrected chi connectivity index (χ0v) is 15.9. The molecular formula is C23H21N3O3. The second kappa shape index (κ2) is 6.58. The Bertz CT molecular complexity index is 1110. The zero-order chi connectivity index (χ0) is 20.0. The Kier molecular flexibility index (Phi) is 4.01. The van der Waals surface area contributed by atoms with E-state index in [0.29, 0.717) is 24.9 Å². The van der Waals surface area contributed by atoms with Gasteiger partial charge in [0.25, 0.3) is 0 Å². The van der Waals surface area contributed by atoms with Crippen molar-refractivity contribution in [2.45, 2.75) is 25.2 Å². The van der Waals surface area contributed by atoms with Crippen molar-refractivity contribution in [3.8, 4) is 11.3 Å². The molecule has 1 aliphatic carbocycles. The first-order chi connectivity index (χ1) is 14.1. The van der Waals surface area contributed by atoms with E-state index in [2.05, 4.69) is 10.5 Å². The number of nitrogens with zero attached hydrogens (tertiary/aromatic N) is 1. The number of nitrogens with one attached hydrogen (secondary N) is 1. The van der Waals surface area contributed by atoms with Crippen LogP contribution in [-0.2, 0) is 17.6 Å². The Balaban J connectivity index is 1.55. The van der Waals surface area contributed by atoms with E-state index >= 15 is 0 Å². The third-order valence-corrected chi connectivity index (χ3v) is 6.36. The van der Waals surface area contributed by atoms with E-state index in [-0.39, 0.29) is 11.8 Å². The molecule has 2 aromatic carbocycles. The summed E-state index contributed by atoms with van der Waals surface area (Å²) in [6, 6.07) is 17.4. The third-order valence-electron chi connectivity index (χ3n) is 6.36. The number of fused-ring (bicyclic) bond motifs is 1. The Morgan fingerprint density at radius 1 is 1.21 bits per heavy atom. The minimum absolute atomic E-state index is 0.0388.